The summed E-state index contributed by atoms with van der Waals surface area (Å²) in [5, 5.41) is 0. The molecule has 3 fully saturated rings. The number of fused-ring (bicyclic) bond motifs is 5. The molecule has 0 bridgehead atoms. The molecule has 0 aromatic heterocycles. The van der Waals surface area contributed by atoms with E-state index in [1.54, 1.807) is 5.57 Å². The lowest BCUT2D eigenvalue weighted by molar-refractivity contribution is -0.0482. The molecule has 0 heterocycles. The standard InChI is InChI=1S/C26H37N/c1-26-16-15-22-21-12-10-20(27(2)3)17-19(21)9-11-23(22)25(26)14-13-24(26)18-7-5-4-6-8-18/h4-8,13,19-23,25H,9-12,14-17H2,1-3H3/t19-,20-,21-,22+,23+,25-,26+/m0/s1. The van der Waals surface area contributed by atoms with Gasteiger partial charge in [0.15, 0.2) is 0 Å². The molecule has 0 spiro atoms. The fourth-order valence-corrected chi connectivity index (χ4v) is 7.93. The molecule has 1 aromatic rings. The first-order valence-corrected chi connectivity index (χ1v) is 11.5. The van der Waals surface area contributed by atoms with Gasteiger partial charge in [-0.25, -0.2) is 0 Å². The maximum atomic E-state index is 2.62. The third-order valence-electron chi connectivity index (χ3n) is 9.32. The van der Waals surface area contributed by atoms with E-state index in [0.717, 1.165) is 35.6 Å². The predicted octanol–water partition coefficient (Wildman–Crippen LogP) is 6.26. The van der Waals surface area contributed by atoms with Gasteiger partial charge in [0.05, 0.1) is 0 Å². The van der Waals surface area contributed by atoms with Crippen LogP contribution in [0.3, 0.4) is 0 Å². The van der Waals surface area contributed by atoms with Gasteiger partial charge in [0.2, 0.25) is 0 Å². The number of benzene rings is 1. The molecule has 4 aliphatic carbocycles. The average Bonchev–Trinajstić information content (AvgIpc) is 3.05. The summed E-state index contributed by atoms with van der Waals surface area (Å²) >= 11 is 0. The van der Waals surface area contributed by atoms with E-state index in [-0.39, 0.29) is 0 Å². The molecule has 7 atom stereocenters. The summed E-state index contributed by atoms with van der Waals surface area (Å²) in [4.78, 5) is 2.49. The highest BCUT2D eigenvalue weighted by molar-refractivity contribution is 5.72. The van der Waals surface area contributed by atoms with Gasteiger partial charge in [0, 0.05) is 6.04 Å². The van der Waals surface area contributed by atoms with E-state index < -0.39 is 0 Å². The molecule has 4 aliphatic rings. The largest absolute Gasteiger partial charge is 0.306 e. The van der Waals surface area contributed by atoms with E-state index in [0.29, 0.717) is 5.41 Å². The van der Waals surface area contributed by atoms with Gasteiger partial charge in [0.25, 0.3) is 0 Å². The van der Waals surface area contributed by atoms with Crippen LogP contribution in [-0.2, 0) is 0 Å². The maximum Gasteiger partial charge on any atom is 0.00920 e. The van der Waals surface area contributed by atoms with Gasteiger partial charge in [-0.2, -0.15) is 0 Å². The zero-order chi connectivity index (χ0) is 18.6. The Morgan fingerprint density at radius 2 is 1.67 bits per heavy atom. The Morgan fingerprint density at radius 3 is 2.44 bits per heavy atom. The van der Waals surface area contributed by atoms with E-state index in [2.05, 4.69) is 62.3 Å². The Morgan fingerprint density at radius 1 is 0.889 bits per heavy atom. The molecule has 1 aromatic carbocycles. The van der Waals surface area contributed by atoms with Gasteiger partial charge in [-0.3, -0.25) is 0 Å². The molecule has 0 aliphatic heterocycles. The Labute approximate surface area is 166 Å². The Hall–Kier alpha value is -1.08. The van der Waals surface area contributed by atoms with Crippen LogP contribution in [0.4, 0.5) is 0 Å². The van der Waals surface area contributed by atoms with Crippen molar-refractivity contribution in [2.24, 2.45) is 35.0 Å². The van der Waals surface area contributed by atoms with Crippen molar-refractivity contribution in [3.8, 4) is 0 Å². The van der Waals surface area contributed by atoms with Crippen molar-refractivity contribution >= 4 is 5.57 Å². The Kier molecular flexibility index (Phi) is 4.50. The van der Waals surface area contributed by atoms with Crippen molar-refractivity contribution in [1.82, 2.24) is 4.90 Å². The van der Waals surface area contributed by atoms with Crippen LogP contribution in [0, 0.1) is 35.0 Å². The summed E-state index contributed by atoms with van der Waals surface area (Å²) in [6.07, 6.45) is 14.3. The van der Waals surface area contributed by atoms with E-state index in [4.69, 9.17) is 0 Å². The minimum Gasteiger partial charge on any atom is -0.306 e. The summed E-state index contributed by atoms with van der Waals surface area (Å²) in [5.41, 5.74) is 3.59. The second kappa shape index (κ2) is 6.76. The number of hydrogen-bond acceptors (Lipinski definition) is 1. The van der Waals surface area contributed by atoms with Crippen molar-refractivity contribution in [3.63, 3.8) is 0 Å². The van der Waals surface area contributed by atoms with Gasteiger partial charge in [-0.1, -0.05) is 43.3 Å². The van der Waals surface area contributed by atoms with Crippen molar-refractivity contribution in [1.29, 1.82) is 0 Å². The van der Waals surface area contributed by atoms with Crippen LogP contribution in [0.1, 0.15) is 63.9 Å². The predicted molar refractivity (Wildman–Crippen MR) is 114 cm³/mol. The van der Waals surface area contributed by atoms with Crippen LogP contribution in [-0.4, -0.2) is 25.0 Å². The van der Waals surface area contributed by atoms with Crippen LogP contribution < -0.4 is 0 Å². The first kappa shape index (κ1) is 18.0. The lowest BCUT2D eigenvalue weighted by Gasteiger charge is -2.56. The lowest BCUT2D eigenvalue weighted by atomic mass is 9.49. The molecule has 3 saturated carbocycles. The van der Waals surface area contributed by atoms with Gasteiger partial charge in [0.1, 0.15) is 0 Å². The molecule has 0 unspecified atom stereocenters. The van der Waals surface area contributed by atoms with Crippen LogP contribution in [0.15, 0.2) is 36.4 Å². The third kappa shape index (κ3) is 2.84. The van der Waals surface area contributed by atoms with Gasteiger partial charge in [-0.15, -0.1) is 0 Å². The van der Waals surface area contributed by atoms with Crippen molar-refractivity contribution in [2.75, 3.05) is 14.1 Å². The van der Waals surface area contributed by atoms with Gasteiger partial charge in [-0.05, 0) is 112 Å². The monoisotopic (exact) mass is 363 g/mol. The summed E-state index contributed by atoms with van der Waals surface area (Å²) in [6.45, 7) is 2.61. The molecule has 0 saturated heterocycles. The van der Waals surface area contributed by atoms with Crippen molar-refractivity contribution in [3.05, 3.63) is 42.0 Å². The lowest BCUT2D eigenvalue weighted by Crippen LogP contribution is -2.49. The SMILES string of the molecule is CN(C)[C@H]1CC[C@H]2[C@@H](CC[C@@H]3[C@@H]2CC[C@]2(C)C(c4ccccc4)=CC[C@@H]32)C1. The summed E-state index contributed by atoms with van der Waals surface area (Å²) in [5.74, 6) is 4.95. The average molecular weight is 364 g/mol. The molecular weight excluding hydrogens is 326 g/mol. The second-order valence-electron chi connectivity index (χ2n) is 10.5. The smallest absolute Gasteiger partial charge is 0.00920 e. The minimum absolute atomic E-state index is 0.427. The fraction of sp³-hybridized carbons (Fsp3) is 0.692. The highest BCUT2D eigenvalue weighted by Gasteiger charge is 2.54. The molecule has 0 radical (unpaired) electrons. The van der Waals surface area contributed by atoms with Crippen molar-refractivity contribution < 1.29 is 0 Å². The Balaban J connectivity index is 1.36. The quantitative estimate of drug-likeness (QED) is 0.599. The van der Waals surface area contributed by atoms with Gasteiger partial charge < -0.3 is 4.90 Å². The van der Waals surface area contributed by atoms with E-state index in [1.807, 2.05) is 0 Å². The van der Waals surface area contributed by atoms with Crippen LogP contribution in [0.25, 0.3) is 5.57 Å². The summed E-state index contributed by atoms with van der Waals surface area (Å²) in [6, 6.07) is 12.1. The number of nitrogens with zero attached hydrogens (tertiary/aromatic N) is 1. The topological polar surface area (TPSA) is 3.24 Å². The number of rotatable bonds is 2. The maximum absolute atomic E-state index is 2.62. The normalized spacial score (nSPS) is 43.6. The zero-order valence-electron chi connectivity index (χ0n) is 17.5. The molecular formula is C26H37N. The van der Waals surface area contributed by atoms with Gasteiger partial charge >= 0.3 is 0 Å². The first-order valence-electron chi connectivity index (χ1n) is 11.5. The molecule has 146 valence electrons. The number of allylic oxidation sites excluding steroid dienone is 2. The highest BCUT2D eigenvalue weighted by Crippen LogP contribution is 2.64. The first-order chi connectivity index (χ1) is 13.1. The van der Waals surface area contributed by atoms with Crippen molar-refractivity contribution in [2.45, 2.75) is 64.3 Å². The fourth-order valence-electron chi connectivity index (χ4n) is 7.93. The molecule has 0 N–H and O–H groups in total. The summed E-state index contributed by atoms with van der Waals surface area (Å²) < 4.78 is 0. The zero-order valence-corrected chi connectivity index (χ0v) is 17.5. The third-order valence-corrected chi connectivity index (χ3v) is 9.32. The Bertz CT molecular complexity index is 704. The second-order valence-corrected chi connectivity index (χ2v) is 10.5. The molecule has 1 nitrogen and oxygen atoms in total. The van der Waals surface area contributed by atoms with Crippen LogP contribution in [0.5, 0.6) is 0 Å². The molecule has 1 heteroatoms. The number of hydrogen-bond donors (Lipinski definition) is 0. The van der Waals surface area contributed by atoms with E-state index >= 15 is 0 Å². The molecule has 5 rings (SSSR count). The molecule has 0 amide bonds. The van der Waals surface area contributed by atoms with E-state index in [1.165, 1.54) is 56.9 Å². The molecule has 27 heavy (non-hydrogen) atoms. The minimum atomic E-state index is 0.427. The van der Waals surface area contributed by atoms with E-state index in [9.17, 15) is 0 Å². The highest BCUT2D eigenvalue weighted by atomic mass is 15.1. The van der Waals surface area contributed by atoms with Crippen LogP contribution >= 0.6 is 0 Å². The summed E-state index contributed by atoms with van der Waals surface area (Å²) in [7, 11) is 4.58. The van der Waals surface area contributed by atoms with Crippen LogP contribution in [0.2, 0.25) is 0 Å².